The highest BCUT2D eigenvalue weighted by atomic mass is 19.2. The molecule has 0 radical (unpaired) electrons. The molecule has 0 atom stereocenters. The first-order valence-electron chi connectivity index (χ1n) is 45.1. The molecule has 8 heterocycles. The molecule has 0 bridgehead atoms. The van der Waals surface area contributed by atoms with Crippen molar-refractivity contribution in [2.75, 3.05) is 29.4 Å². The van der Waals surface area contributed by atoms with Crippen molar-refractivity contribution in [1.29, 1.82) is 10.5 Å². The number of fused-ring (bicyclic) bond motifs is 16. The third kappa shape index (κ3) is 12.9. The maximum atomic E-state index is 19.1. The quantitative estimate of drug-likeness (QED) is 0.118. The first-order chi connectivity index (χ1) is 63.0. The fourth-order valence-corrected chi connectivity index (χ4v) is 21.1. The molecule has 13 aromatic carbocycles. The van der Waals surface area contributed by atoms with Gasteiger partial charge in [0.15, 0.2) is 46.5 Å². The summed E-state index contributed by atoms with van der Waals surface area (Å²) in [7, 11) is 0. The van der Waals surface area contributed by atoms with Crippen LogP contribution in [0.2, 0.25) is 0 Å². The Kier molecular flexibility index (Phi) is 18.9. The van der Waals surface area contributed by atoms with Crippen LogP contribution in [0.1, 0.15) is 186 Å². The van der Waals surface area contributed by atoms with E-state index in [1.165, 1.54) is 80.3 Å². The summed E-state index contributed by atoms with van der Waals surface area (Å²) in [6.07, 6.45) is 0. The molecular weight excluding hydrogens is 1700 g/mol. The van der Waals surface area contributed by atoms with Gasteiger partial charge in [-0.2, -0.15) is 10.5 Å². The number of nitrogens with zero attached hydrogens (tertiary/aromatic N) is 8. The van der Waals surface area contributed by atoms with Crippen LogP contribution in [0.15, 0.2) is 191 Å². The minimum absolute atomic E-state index is 0.0343. The molecule has 0 saturated carbocycles. The van der Waals surface area contributed by atoms with E-state index in [0.717, 1.165) is 0 Å². The number of furan rings is 2. The molecule has 0 fully saturated rings. The molecule has 23 heteroatoms. The van der Waals surface area contributed by atoms with E-state index in [1.807, 2.05) is 175 Å². The largest absolute Gasteiger partial charge is 0.468 e. The summed E-state index contributed by atoms with van der Waals surface area (Å²) >= 11 is 0. The molecular formula is C111H93B3F10N8O2. The second kappa shape index (κ2) is 29.1. The number of anilines is 18. The molecule has 2 aromatic heterocycles. The van der Waals surface area contributed by atoms with Gasteiger partial charge in [0.1, 0.15) is 45.6 Å². The highest BCUT2D eigenvalue weighted by molar-refractivity contribution is 7.04. The lowest BCUT2D eigenvalue weighted by atomic mass is 9.29. The molecule has 0 amide bonds. The van der Waals surface area contributed by atoms with E-state index < -0.39 is 134 Å². The molecule has 134 heavy (non-hydrogen) atoms. The summed E-state index contributed by atoms with van der Waals surface area (Å²) in [5.41, 5.74) is 2.75. The Bertz CT molecular complexity index is 7330. The zero-order chi connectivity index (χ0) is 95.3. The lowest BCUT2D eigenvalue weighted by Crippen LogP contribution is -2.66. The summed E-state index contributed by atoms with van der Waals surface area (Å²) < 4.78 is 204. The van der Waals surface area contributed by atoms with Crippen molar-refractivity contribution in [2.45, 2.75) is 178 Å². The van der Waals surface area contributed by atoms with E-state index in [0.29, 0.717) is 83.4 Å². The third-order valence-electron chi connectivity index (χ3n) is 27.9. The van der Waals surface area contributed by atoms with Crippen LogP contribution in [0.25, 0.3) is 21.9 Å². The van der Waals surface area contributed by atoms with Crippen molar-refractivity contribution in [3.63, 3.8) is 0 Å². The maximum absolute atomic E-state index is 19.1. The number of hydrogen-bond donors (Lipinski definition) is 0. The van der Waals surface area contributed by atoms with Crippen LogP contribution in [0.4, 0.5) is 146 Å². The normalized spacial score (nSPS) is 14.2. The van der Waals surface area contributed by atoms with E-state index >= 15 is 43.9 Å². The molecule has 0 spiro atoms. The average molecular weight is 1790 g/mol. The fraction of sp³-hybridized carbons (Fsp3) is 0.243. The van der Waals surface area contributed by atoms with E-state index in [9.17, 15) is 10.5 Å². The number of aryl methyl sites for hydroxylation is 3. The zero-order valence-corrected chi connectivity index (χ0v) is 78.2. The number of benzene rings is 13. The minimum atomic E-state index is -1.33. The van der Waals surface area contributed by atoms with Crippen LogP contribution < -0.4 is 79.0 Å². The van der Waals surface area contributed by atoms with E-state index in [2.05, 4.69) is 12.1 Å². The maximum Gasteiger partial charge on any atom is 0.297 e. The van der Waals surface area contributed by atoms with Gasteiger partial charge in [-0.15, -0.1) is 0 Å². The molecule has 0 unspecified atom stereocenters. The molecule has 10 nitrogen and oxygen atoms in total. The predicted octanol–water partition coefficient (Wildman–Crippen LogP) is 25.3. The molecule has 0 saturated heterocycles. The lowest BCUT2D eigenvalue weighted by Gasteiger charge is -2.48. The van der Waals surface area contributed by atoms with Crippen molar-refractivity contribution in [2.24, 2.45) is 0 Å². The molecule has 668 valence electrons. The molecule has 0 aliphatic carbocycles. The topological polar surface area (TPSA) is 93.3 Å². The number of halogens is 10. The summed E-state index contributed by atoms with van der Waals surface area (Å²) in [4.78, 5) is 9.26. The average Bonchev–Trinajstić information content (AvgIpc) is 1.02. The second-order valence-corrected chi connectivity index (χ2v) is 43.2. The van der Waals surface area contributed by atoms with Crippen LogP contribution in [0.5, 0.6) is 0 Å². The van der Waals surface area contributed by atoms with Gasteiger partial charge in [-0.05, 0) is 299 Å². The third-order valence-corrected chi connectivity index (χ3v) is 27.9. The zero-order valence-electron chi connectivity index (χ0n) is 78.2. The second-order valence-electron chi connectivity index (χ2n) is 43.2. The SMILES string of the molecule is Cc1cc2c3c(c1)N(c1c(F)cc(C(C)(C)C)cc1F)c1cc4c(cc1B3c1cc3c(cc1N2c1c(F)cc(C(C)(C)C)cc1F)N(c1c(F)cc(C(C)(C)C)cc1F)c1cc(C)cc2c1B3c1oc3ccc(C#N)cc3c1N2c1ccc(C(C)(C)C)cc1F)B1c2oc3ccc(C#N)cc3c2N(c2ccc(C(C)(C)C)cc2F)c2cc(C)cc(c21)N4c1c(F)cc(C(C)(C)C)cc1F. The first kappa shape index (κ1) is 86.9. The van der Waals surface area contributed by atoms with E-state index in [1.54, 1.807) is 102 Å². The fourth-order valence-electron chi connectivity index (χ4n) is 21.1. The molecule has 0 N–H and O–H groups in total. The van der Waals surface area contributed by atoms with E-state index in [4.69, 9.17) is 8.83 Å². The number of nitriles is 2. The molecule has 21 rings (SSSR count). The molecule has 6 aliphatic rings. The van der Waals surface area contributed by atoms with Gasteiger partial charge in [0.25, 0.3) is 20.1 Å². The van der Waals surface area contributed by atoms with Crippen LogP contribution >= 0.6 is 0 Å². The monoisotopic (exact) mass is 1790 g/mol. The highest BCUT2D eigenvalue weighted by Crippen LogP contribution is 2.57. The van der Waals surface area contributed by atoms with Crippen LogP contribution in [0.3, 0.4) is 0 Å². The highest BCUT2D eigenvalue weighted by Gasteiger charge is 2.56. The summed E-state index contributed by atoms with van der Waals surface area (Å²) in [6, 6.07) is 52.3. The standard InChI is InChI=1S/C111H93B3F10N8O2/c1-54-30-87-95-88(31-54)130(101-75(119)42-62(43-76(101)120)109(13,14)15)84-51-86-70(114-97-90(33-56(3)35-92(97)132(86)103-79(123)46-64(47-80(103)124)111(19,20)21)128(82-27-25-60(39-72(82)116)107(7,8)9)99-66-37-58(53-126)23-29-94(66)134-105(99)114)49-68(84)112(95)67-48-69-85(50-83(67)129(87)100-73(117)40-61(41-74(100)118)108(10,11)12)131(102-77(121)44-63(45-78(102)122)110(16,17)18)91-34-55(2)32-89-96(91)113(69)104-98(65-36-57(52-125)22-28-93(65)133-104)127(89)81-26-24-59(38-71(81)115)106(4,5)6/h22-51H,1-21H3. The van der Waals surface area contributed by atoms with E-state index in [-0.39, 0.29) is 129 Å². The number of rotatable bonds is 6. The molecule has 6 aliphatic heterocycles. The lowest BCUT2D eigenvalue weighted by molar-refractivity contribution is 0.546. The van der Waals surface area contributed by atoms with Gasteiger partial charge in [-0.25, -0.2) is 43.9 Å². The Labute approximate surface area is 773 Å². The van der Waals surface area contributed by atoms with Crippen LogP contribution in [0, 0.1) is 102 Å². The van der Waals surface area contributed by atoms with Gasteiger partial charge < -0.3 is 38.2 Å². The summed E-state index contributed by atoms with van der Waals surface area (Å²) in [5.74, 6) is -9.44. The summed E-state index contributed by atoms with van der Waals surface area (Å²) in [6.45, 7) is 35.3. The summed E-state index contributed by atoms with van der Waals surface area (Å²) in [5, 5.41) is 22.5. The molecule has 15 aromatic rings. The number of hydrogen-bond acceptors (Lipinski definition) is 10. The van der Waals surface area contributed by atoms with Crippen molar-refractivity contribution in [1.82, 2.24) is 0 Å². The van der Waals surface area contributed by atoms with Crippen molar-refractivity contribution >= 4 is 194 Å². The first-order valence-corrected chi connectivity index (χ1v) is 45.1. The minimum Gasteiger partial charge on any atom is -0.468 e. The van der Waals surface area contributed by atoms with Crippen molar-refractivity contribution in [3.05, 3.63) is 301 Å². The van der Waals surface area contributed by atoms with Gasteiger partial charge in [0, 0.05) is 67.6 Å². The predicted molar refractivity (Wildman–Crippen MR) is 523 cm³/mol. The Morgan fingerprint density at radius 3 is 0.709 bits per heavy atom. The Balaban J connectivity index is 0.950. The Morgan fingerprint density at radius 2 is 0.470 bits per heavy atom. The van der Waals surface area contributed by atoms with Gasteiger partial charge in [0.2, 0.25) is 0 Å². The van der Waals surface area contributed by atoms with Crippen molar-refractivity contribution < 1.29 is 52.7 Å². The van der Waals surface area contributed by atoms with Gasteiger partial charge >= 0.3 is 0 Å². The van der Waals surface area contributed by atoms with Gasteiger partial charge in [0.05, 0.1) is 57.3 Å². The van der Waals surface area contributed by atoms with Crippen LogP contribution in [-0.4, -0.2) is 20.1 Å². The smallest absolute Gasteiger partial charge is 0.297 e. The Morgan fingerprint density at radius 1 is 0.239 bits per heavy atom. The van der Waals surface area contributed by atoms with Crippen molar-refractivity contribution in [3.8, 4) is 12.1 Å². The van der Waals surface area contributed by atoms with Gasteiger partial charge in [-0.1, -0.05) is 149 Å². The van der Waals surface area contributed by atoms with Crippen LogP contribution in [-0.2, 0) is 32.5 Å². The van der Waals surface area contributed by atoms with Gasteiger partial charge in [-0.3, -0.25) is 0 Å². The Hall–Kier alpha value is -13.8.